The molecule has 0 heterocycles. The van der Waals surface area contributed by atoms with Gasteiger partial charge in [0.05, 0.1) is 12.8 Å². The topological polar surface area (TPSA) is 70.9 Å². The molecule has 2 N–H and O–H groups in total. The standard InChI is InChI=1S/C17H18N2O3/c1-2-11-22-16-9-5-14(6-10-16)17(21)19-18-12-13-3-7-15(20)8-4-13/h3-10,12,20H,2,11H2,1H3,(H,19,21)/b18-12-. The Morgan fingerprint density at radius 3 is 2.50 bits per heavy atom. The third-order valence-electron chi connectivity index (χ3n) is 2.86. The van der Waals surface area contributed by atoms with E-state index in [2.05, 4.69) is 10.5 Å². The molecule has 1 amide bonds. The molecule has 0 atom stereocenters. The minimum absolute atomic E-state index is 0.187. The summed E-state index contributed by atoms with van der Waals surface area (Å²) in [5, 5.41) is 13.1. The highest BCUT2D eigenvalue weighted by atomic mass is 16.5. The van der Waals surface area contributed by atoms with Crippen LogP contribution in [0.4, 0.5) is 0 Å². The van der Waals surface area contributed by atoms with Crippen molar-refractivity contribution in [3.05, 3.63) is 59.7 Å². The molecule has 114 valence electrons. The molecule has 0 aliphatic carbocycles. The second kappa shape index (κ2) is 7.83. The Balaban J connectivity index is 1.90. The number of hydrogen-bond donors (Lipinski definition) is 2. The smallest absolute Gasteiger partial charge is 0.271 e. The van der Waals surface area contributed by atoms with E-state index < -0.39 is 0 Å². The molecular weight excluding hydrogens is 280 g/mol. The third kappa shape index (κ3) is 4.63. The van der Waals surface area contributed by atoms with Crippen LogP contribution >= 0.6 is 0 Å². The molecule has 0 radical (unpaired) electrons. The Hall–Kier alpha value is -2.82. The van der Waals surface area contributed by atoms with Crippen LogP contribution in [0.3, 0.4) is 0 Å². The van der Waals surface area contributed by atoms with Crippen LogP contribution in [0, 0.1) is 0 Å². The van der Waals surface area contributed by atoms with Gasteiger partial charge in [0.1, 0.15) is 11.5 Å². The zero-order chi connectivity index (χ0) is 15.8. The number of hydrogen-bond acceptors (Lipinski definition) is 4. The largest absolute Gasteiger partial charge is 0.508 e. The number of rotatable bonds is 6. The fraction of sp³-hybridized carbons (Fsp3) is 0.176. The molecule has 2 aromatic carbocycles. The first kappa shape index (κ1) is 15.6. The first-order chi connectivity index (χ1) is 10.7. The van der Waals surface area contributed by atoms with E-state index in [1.54, 1.807) is 48.5 Å². The molecular formula is C17H18N2O3. The fourth-order valence-corrected chi connectivity index (χ4v) is 1.71. The van der Waals surface area contributed by atoms with Gasteiger partial charge in [-0.2, -0.15) is 5.10 Å². The maximum absolute atomic E-state index is 11.9. The lowest BCUT2D eigenvalue weighted by atomic mass is 10.2. The molecule has 2 aromatic rings. The Bertz CT molecular complexity index is 634. The number of amides is 1. The molecule has 0 spiro atoms. The number of ether oxygens (including phenoxy) is 1. The first-order valence-electron chi connectivity index (χ1n) is 7.04. The lowest BCUT2D eigenvalue weighted by Gasteiger charge is -2.05. The maximum Gasteiger partial charge on any atom is 0.271 e. The van der Waals surface area contributed by atoms with Gasteiger partial charge in [-0.25, -0.2) is 5.43 Å². The van der Waals surface area contributed by atoms with Crippen LogP contribution in [0.2, 0.25) is 0 Å². The summed E-state index contributed by atoms with van der Waals surface area (Å²) in [6.45, 7) is 2.69. The van der Waals surface area contributed by atoms with Crippen molar-refractivity contribution >= 4 is 12.1 Å². The van der Waals surface area contributed by atoms with Crippen LogP contribution in [-0.4, -0.2) is 23.8 Å². The molecule has 0 unspecified atom stereocenters. The monoisotopic (exact) mass is 298 g/mol. The molecule has 0 aliphatic rings. The molecule has 0 fully saturated rings. The Morgan fingerprint density at radius 2 is 1.86 bits per heavy atom. The Labute approximate surface area is 129 Å². The van der Waals surface area contributed by atoms with E-state index in [1.165, 1.54) is 6.21 Å². The summed E-state index contributed by atoms with van der Waals surface area (Å²) in [5.74, 6) is 0.634. The van der Waals surface area contributed by atoms with E-state index >= 15 is 0 Å². The van der Waals surface area contributed by atoms with Gasteiger partial charge in [-0.05, 0) is 60.5 Å². The molecule has 0 aromatic heterocycles. The van der Waals surface area contributed by atoms with Gasteiger partial charge in [0, 0.05) is 5.56 Å². The van der Waals surface area contributed by atoms with Crippen LogP contribution in [-0.2, 0) is 0 Å². The van der Waals surface area contributed by atoms with E-state index in [9.17, 15) is 9.90 Å². The van der Waals surface area contributed by atoms with Crippen LogP contribution < -0.4 is 10.2 Å². The van der Waals surface area contributed by atoms with Crippen molar-refractivity contribution in [1.82, 2.24) is 5.43 Å². The van der Waals surface area contributed by atoms with Crippen molar-refractivity contribution in [1.29, 1.82) is 0 Å². The summed E-state index contributed by atoms with van der Waals surface area (Å²) in [4.78, 5) is 11.9. The van der Waals surface area contributed by atoms with Crippen molar-refractivity contribution in [3.63, 3.8) is 0 Å². The third-order valence-corrected chi connectivity index (χ3v) is 2.86. The minimum atomic E-state index is -0.294. The van der Waals surface area contributed by atoms with Crippen molar-refractivity contribution < 1.29 is 14.6 Å². The second-order valence-corrected chi connectivity index (χ2v) is 4.66. The van der Waals surface area contributed by atoms with Gasteiger partial charge < -0.3 is 9.84 Å². The van der Waals surface area contributed by atoms with Gasteiger partial charge in [0.2, 0.25) is 0 Å². The number of nitrogens with zero attached hydrogens (tertiary/aromatic N) is 1. The highest BCUT2D eigenvalue weighted by Crippen LogP contribution is 2.12. The van der Waals surface area contributed by atoms with Crippen molar-refractivity contribution in [2.24, 2.45) is 5.10 Å². The van der Waals surface area contributed by atoms with Gasteiger partial charge in [0.15, 0.2) is 0 Å². The first-order valence-corrected chi connectivity index (χ1v) is 7.04. The summed E-state index contributed by atoms with van der Waals surface area (Å²) in [5.41, 5.74) is 3.74. The fourth-order valence-electron chi connectivity index (χ4n) is 1.71. The molecule has 0 aliphatic heterocycles. The average Bonchev–Trinajstić information content (AvgIpc) is 2.55. The van der Waals surface area contributed by atoms with Gasteiger partial charge in [0.25, 0.3) is 5.91 Å². The molecule has 22 heavy (non-hydrogen) atoms. The molecule has 5 heteroatoms. The number of phenols is 1. The van der Waals surface area contributed by atoms with Gasteiger partial charge in [-0.1, -0.05) is 6.92 Å². The average molecular weight is 298 g/mol. The Kier molecular flexibility index (Phi) is 5.54. The van der Waals surface area contributed by atoms with E-state index in [1.807, 2.05) is 6.92 Å². The van der Waals surface area contributed by atoms with Crippen LogP contribution in [0.25, 0.3) is 0 Å². The zero-order valence-electron chi connectivity index (χ0n) is 12.3. The molecule has 0 saturated heterocycles. The van der Waals surface area contributed by atoms with Gasteiger partial charge in [-0.3, -0.25) is 4.79 Å². The quantitative estimate of drug-likeness (QED) is 0.636. The summed E-state index contributed by atoms with van der Waals surface area (Å²) in [6.07, 6.45) is 2.45. The van der Waals surface area contributed by atoms with Gasteiger partial charge >= 0.3 is 0 Å². The number of hydrazone groups is 1. The predicted octanol–water partition coefficient (Wildman–Crippen LogP) is 2.94. The van der Waals surface area contributed by atoms with E-state index in [0.29, 0.717) is 12.2 Å². The number of carbonyl (C=O) groups is 1. The number of aromatic hydroxyl groups is 1. The molecule has 2 rings (SSSR count). The highest BCUT2D eigenvalue weighted by Gasteiger charge is 2.04. The SMILES string of the molecule is CCCOc1ccc(C(=O)N/N=C\c2ccc(O)cc2)cc1. The number of carbonyl (C=O) groups excluding carboxylic acids is 1. The van der Waals surface area contributed by atoms with E-state index in [-0.39, 0.29) is 11.7 Å². The van der Waals surface area contributed by atoms with Crippen molar-refractivity contribution in [2.45, 2.75) is 13.3 Å². The molecule has 0 bridgehead atoms. The normalized spacial score (nSPS) is 10.6. The van der Waals surface area contributed by atoms with E-state index in [4.69, 9.17) is 4.74 Å². The predicted molar refractivity (Wildman–Crippen MR) is 85.4 cm³/mol. The minimum Gasteiger partial charge on any atom is -0.508 e. The van der Waals surface area contributed by atoms with E-state index in [0.717, 1.165) is 17.7 Å². The number of phenolic OH excluding ortho intramolecular Hbond substituents is 1. The summed E-state index contributed by atoms with van der Waals surface area (Å²) >= 11 is 0. The lowest BCUT2D eigenvalue weighted by Crippen LogP contribution is -2.17. The van der Waals surface area contributed by atoms with Crippen LogP contribution in [0.15, 0.2) is 53.6 Å². The highest BCUT2D eigenvalue weighted by molar-refractivity contribution is 5.95. The van der Waals surface area contributed by atoms with Gasteiger partial charge in [-0.15, -0.1) is 0 Å². The zero-order valence-corrected chi connectivity index (χ0v) is 12.3. The van der Waals surface area contributed by atoms with Crippen molar-refractivity contribution in [3.8, 4) is 11.5 Å². The second-order valence-electron chi connectivity index (χ2n) is 4.66. The maximum atomic E-state index is 11.9. The molecule has 0 saturated carbocycles. The van der Waals surface area contributed by atoms with Crippen LogP contribution in [0.5, 0.6) is 11.5 Å². The summed E-state index contributed by atoms with van der Waals surface area (Å²) in [6, 6.07) is 13.4. The molecule has 5 nitrogen and oxygen atoms in total. The number of benzene rings is 2. The lowest BCUT2D eigenvalue weighted by molar-refractivity contribution is 0.0955. The van der Waals surface area contributed by atoms with Crippen LogP contribution in [0.1, 0.15) is 29.3 Å². The van der Waals surface area contributed by atoms with Crippen molar-refractivity contribution in [2.75, 3.05) is 6.61 Å². The number of nitrogens with one attached hydrogen (secondary N) is 1. The summed E-state index contributed by atoms with van der Waals surface area (Å²) in [7, 11) is 0. The summed E-state index contributed by atoms with van der Waals surface area (Å²) < 4.78 is 5.46. The Morgan fingerprint density at radius 1 is 1.18 bits per heavy atom.